The number of rotatable bonds is 1. The number of carbonyl (C=O) groups excluding carboxylic acids is 1. The van der Waals surface area contributed by atoms with E-state index in [0.717, 1.165) is 5.56 Å². The Labute approximate surface area is 81.5 Å². The van der Waals surface area contributed by atoms with Gasteiger partial charge in [0.25, 0.3) is 0 Å². The van der Waals surface area contributed by atoms with E-state index in [0.29, 0.717) is 6.54 Å². The molecule has 1 aliphatic rings. The van der Waals surface area contributed by atoms with E-state index in [1.165, 1.54) is 0 Å². The third-order valence-corrected chi connectivity index (χ3v) is 2.37. The van der Waals surface area contributed by atoms with Crippen LogP contribution in [0.25, 0.3) is 0 Å². The van der Waals surface area contributed by atoms with Gasteiger partial charge in [0.1, 0.15) is 5.75 Å². The average molecular weight is 193 g/mol. The van der Waals surface area contributed by atoms with Gasteiger partial charge in [-0.3, -0.25) is 0 Å². The fraction of sp³-hybridized carbons (Fsp3) is 0.300. The van der Waals surface area contributed by atoms with Crippen LogP contribution in [0.2, 0.25) is 0 Å². The molecule has 1 fully saturated rings. The molecular weight excluding hydrogens is 182 g/mol. The third kappa shape index (κ3) is 1.39. The van der Waals surface area contributed by atoms with Crippen LogP contribution in [-0.4, -0.2) is 17.7 Å². The van der Waals surface area contributed by atoms with Crippen LogP contribution in [0.3, 0.4) is 0 Å². The highest BCUT2D eigenvalue weighted by Crippen LogP contribution is 2.29. The van der Waals surface area contributed by atoms with Crippen LogP contribution in [0.1, 0.15) is 12.5 Å². The van der Waals surface area contributed by atoms with Crippen molar-refractivity contribution >= 4 is 6.09 Å². The molecule has 1 aliphatic heterocycles. The van der Waals surface area contributed by atoms with E-state index in [9.17, 15) is 4.79 Å². The maximum atomic E-state index is 10.9. The van der Waals surface area contributed by atoms with Gasteiger partial charge in [0.2, 0.25) is 0 Å². The summed E-state index contributed by atoms with van der Waals surface area (Å²) in [5.41, 5.74) is 0.249. The highest BCUT2D eigenvalue weighted by molar-refractivity contribution is 5.70. The van der Waals surface area contributed by atoms with E-state index < -0.39 is 11.7 Å². The van der Waals surface area contributed by atoms with Crippen LogP contribution in [-0.2, 0) is 10.3 Å². The van der Waals surface area contributed by atoms with Gasteiger partial charge in [-0.1, -0.05) is 12.1 Å². The number of benzene rings is 1. The zero-order chi connectivity index (χ0) is 10.2. The zero-order valence-corrected chi connectivity index (χ0v) is 7.78. The van der Waals surface area contributed by atoms with Crippen molar-refractivity contribution < 1.29 is 14.6 Å². The van der Waals surface area contributed by atoms with E-state index in [-0.39, 0.29) is 5.75 Å². The molecule has 0 radical (unpaired) electrons. The first kappa shape index (κ1) is 8.87. The average Bonchev–Trinajstić information content (AvgIpc) is 2.48. The second-order valence-corrected chi connectivity index (χ2v) is 3.52. The molecule has 4 heteroatoms. The lowest BCUT2D eigenvalue weighted by Gasteiger charge is -2.21. The highest BCUT2D eigenvalue weighted by atomic mass is 16.6. The summed E-state index contributed by atoms with van der Waals surface area (Å²) in [6.45, 7) is 2.29. The number of hydrogen-bond donors (Lipinski definition) is 2. The monoisotopic (exact) mass is 193 g/mol. The molecule has 2 N–H and O–H groups in total. The number of phenols is 1. The topological polar surface area (TPSA) is 58.6 Å². The fourth-order valence-corrected chi connectivity index (χ4v) is 1.49. The minimum absolute atomic E-state index is 0.203. The number of phenolic OH excluding ortho intramolecular Hbond substituents is 1. The Morgan fingerprint density at radius 2 is 2.07 bits per heavy atom. The van der Waals surface area contributed by atoms with E-state index in [4.69, 9.17) is 9.84 Å². The number of carbonyl (C=O) groups is 1. The number of aromatic hydroxyl groups is 1. The molecule has 0 bridgehead atoms. The first-order chi connectivity index (χ1) is 6.60. The van der Waals surface area contributed by atoms with Crippen molar-refractivity contribution in [2.45, 2.75) is 12.5 Å². The van der Waals surface area contributed by atoms with Crippen LogP contribution >= 0.6 is 0 Å². The highest BCUT2D eigenvalue weighted by Gasteiger charge is 2.37. The Morgan fingerprint density at radius 3 is 2.57 bits per heavy atom. The van der Waals surface area contributed by atoms with Crippen LogP contribution in [0.5, 0.6) is 5.75 Å². The Hall–Kier alpha value is -1.71. The number of hydrogen-bond acceptors (Lipinski definition) is 3. The van der Waals surface area contributed by atoms with Gasteiger partial charge >= 0.3 is 6.09 Å². The minimum Gasteiger partial charge on any atom is -0.508 e. The quantitative estimate of drug-likeness (QED) is 0.707. The standard InChI is InChI=1S/C10H11NO3/c1-10(6-11-9(13)14-10)7-2-4-8(12)5-3-7/h2-5,12H,6H2,1H3,(H,11,13). The summed E-state index contributed by atoms with van der Waals surface area (Å²) in [7, 11) is 0. The van der Waals surface area contributed by atoms with E-state index in [1.54, 1.807) is 24.3 Å². The van der Waals surface area contributed by atoms with Gasteiger partial charge in [-0.05, 0) is 24.6 Å². The molecule has 0 aliphatic carbocycles. The van der Waals surface area contributed by atoms with Gasteiger partial charge in [0.15, 0.2) is 5.60 Å². The molecule has 1 aromatic carbocycles. The third-order valence-electron chi connectivity index (χ3n) is 2.37. The molecular formula is C10H11NO3. The van der Waals surface area contributed by atoms with Crippen molar-refractivity contribution in [3.63, 3.8) is 0 Å². The molecule has 0 spiro atoms. The Bertz CT molecular complexity index is 360. The van der Waals surface area contributed by atoms with Gasteiger partial charge in [-0.2, -0.15) is 0 Å². The normalized spacial score (nSPS) is 25.6. The molecule has 1 unspecified atom stereocenters. The molecule has 1 amide bonds. The maximum Gasteiger partial charge on any atom is 0.408 e. The van der Waals surface area contributed by atoms with Gasteiger partial charge in [-0.25, -0.2) is 4.79 Å². The van der Waals surface area contributed by atoms with E-state index in [1.807, 2.05) is 6.92 Å². The van der Waals surface area contributed by atoms with Crippen molar-refractivity contribution in [1.82, 2.24) is 5.32 Å². The summed E-state index contributed by atoms with van der Waals surface area (Å²) in [5.74, 6) is 0.203. The van der Waals surface area contributed by atoms with Crippen molar-refractivity contribution in [2.24, 2.45) is 0 Å². The molecule has 0 aromatic heterocycles. The molecule has 1 heterocycles. The lowest BCUT2D eigenvalue weighted by Crippen LogP contribution is -2.25. The Balaban J connectivity index is 2.30. The molecule has 74 valence electrons. The lowest BCUT2D eigenvalue weighted by molar-refractivity contribution is 0.0704. The Morgan fingerprint density at radius 1 is 1.43 bits per heavy atom. The predicted molar refractivity (Wildman–Crippen MR) is 49.9 cm³/mol. The van der Waals surface area contributed by atoms with Crippen molar-refractivity contribution in [1.29, 1.82) is 0 Å². The van der Waals surface area contributed by atoms with Crippen LogP contribution in [0, 0.1) is 0 Å². The molecule has 1 atom stereocenters. The zero-order valence-electron chi connectivity index (χ0n) is 7.78. The van der Waals surface area contributed by atoms with Crippen LogP contribution in [0.15, 0.2) is 24.3 Å². The predicted octanol–water partition coefficient (Wildman–Crippen LogP) is 1.35. The molecule has 1 saturated heterocycles. The van der Waals surface area contributed by atoms with E-state index in [2.05, 4.69) is 5.32 Å². The van der Waals surface area contributed by atoms with Gasteiger partial charge < -0.3 is 15.2 Å². The van der Waals surface area contributed by atoms with Crippen molar-refractivity contribution in [3.05, 3.63) is 29.8 Å². The summed E-state index contributed by atoms with van der Waals surface area (Å²) in [4.78, 5) is 10.9. The van der Waals surface area contributed by atoms with Gasteiger partial charge in [0, 0.05) is 0 Å². The largest absolute Gasteiger partial charge is 0.508 e. The summed E-state index contributed by atoms with van der Waals surface area (Å²) < 4.78 is 5.14. The fourth-order valence-electron chi connectivity index (χ4n) is 1.49. The van der Waals surface area contributed by atoms with Crippen LogP contribution < -0.4 is 5.32 Å². The summed E-state index contributed by atoms with van der Waals surface area (Å²) in [6.07, 6.45) is -0.402. The smallest absolute Gasteiger partial charge is 0.408 e. The lowest BCUT2D eigenvalue weighted by atomic mass is 9.96. The van der Waals surface area contributed by atoms with Gasteiger partial charge in [-0.15, -0.1) is 0 Å². The molecule has 4 nitrogen and oxygen atoms in total. The first-order valence-electron chi connectivity index (χ1n) is 4.36. The summed E-state index contributed by atoms with van der Waals surface area (Å²) in [6, 6.07) is 6.64. The number of alkyl carbamates (subject to hydrolysis) is 1. The minimum atomic E-state index is -0.620. The van der Waals surface area contributed by atoms with Gasteiger partial charge in [0.05, 0.1) is 6.54 Å². The second-order valence-electron chi connectivity index (χ2n) is 3.52. The number of amides is 1. The molecule has 1 aromatic rings. The molecule has 0 saturated carbocycles. The molecule has 14 heavy (non-hydrogen) atoms. The maximum absolute atomic E-state index is 10.9. The molecule has 2 rings (SSSR count). The number of ether oxygens (including phenoxy) is 1. The van der Waals surface area contributed by atoms with Crippen LogP contribution in [0.4, 0.5) is 4.79 Å². The second kappa shape index (κ2) is 2.90. The number of nitrogens with one attached hydrogen (secondary N) is 1. The SMILES string of the molecule is CC1(c2ccc(O)cc2)CNC(=O)O1. The van der Waals surface area contributed by atoms with Crippen molar-refractivity contribution in [2.75, 3.05) is 6.54 Å². The first-order valence-corrected chi connectivity index (χ1v) is 4.36. The van der Waals surface area contributed by atoms with E-state index >= 15 is 0 Å². The number of cyclic esters (lactones) is 1. The van der Waals surface area contributed by atoms with Crippen molar-refractivity contribution in [3.8, 4) is 5.75 Å². The Kier molecular flexibility index (Phi) is 1.84. The summed E-state index contributed by atoms with van der Waals surface area (Å²) in [5, 5.41) is 11.7. The summed E-state index contributed by atoms with van der Waals surface area (Å²) >= 11 is 0.